The average molecular weight is 329 g/mol. The van der Waals surface area contributed by atoms with Gasteiger partial charge in [0, 0.05) is 31.3 Å². The second-order valence-electron chi connectivity index (χ2n) is 6.18. The minimum absolute atomic E-state index is 0.332. The van der Waals surface area contributed by atoms with Crippen molar-refractivity contribution < 1.29 is 4.79 Å². The molecule has 21 heavy (non-hydrogen) atoms. The maximum absolute atomic E-state index is 12.2. The number of nitrogens with zero attached hydrogens (tertiary/aromatic N) is 2. The highest BCUT2D eigenvalue weighted by Crippen LogP contribution is 2.25. The number of hydrogen-bond donors (Lipinski definition) is 0. The smallest absolute Gasteiger partial charge is 0.222 e. The molecular weight excluding hydrogens is 304 g/mol. The van der Waals surface area contributed by atoms with Crippen LogP contribution in [-0.2, 0) is 17.1 Å². The number of aromatic nitrogens is 1. The van der Waals surface area contributed by atoms with Gasteiger partial charge in [0.05, 0.1) is 16.6 Å². The highest BCUT2D eigenvalue weighted by molar-refractivity contribution is 7.09. The van der Waals surface area contributed by atoms with E-state index in [2.05, 4.69) is 23.7 Å². The highest BCUT2D eigenvalue weighted by atomic mass is 35.5. The molecule has 2 heterocycles. The van der Waals surface area contributed by atoms with Gasteiger partial charge in [-0.2, -0.15) is 0 Å². The topological polar surface area (TPSA) is 33.2 Å². The van der Waals surface area contributed by atoms with Crippen LogP contribution in [0.15, 0.2) is 5.38 Å². The Morgan fingerprint density at radius 3 is 2.95 bits per heavy atom. The third-order valence-electron chi connectivity index (χ3n) is 4.35. The number of halogens is 1. The molecule has 2 rings (SSSR count). The van der Waals surface area contributed by atoms with Crippen molar-refractivity contribution in [3.63, 3.8) is 0 Å². The number of aryl methyl sites for hydroxylation is 1. The monoisotopic (exact) mass is 328 g/mol. The maximum Gasteiger partial charge on any atom is 0.222 e. The Bertz CT molecular complexity index is 461. The van der Waals surface area contributed by atoms with Crippen molar-refractivity contribution in [1.82, 2.24) is 9.88 Å². The fraction of sp³-hybridized carbons (Fsp3) is 0.750. The first kappa shape index (κ1) is 16.8. The summed E-state index contributed by atoms with van der Waals surface area (Å²) >= 11 is 7.43. The summed E-state index contributed by atoms with van der Waals surface area (Å²) in [5, 5.41) is 3.15. The standard InChI is InChI=1S/C16H25ClN2OS/c1-12(2)13-5-6-16(20)19(9-7-13)8-3-4-15-18-14(10-17)11-21-15/h11-13H,3-10H2,1-2H3. The van der Waals surface area contributed by atoms with Crippen LogP contribution in [0.1, 0.15) is 50.2 Å². The number of carbonyl (C=O) groups is 1. The van der Waals surface area contributed by atoms with E-state index in [4.69, 9.17) is 11.6 Å². The van der Waals surface area contributed by atoms with Crippen LogP contribution in [0.4, 0.5) is 0 Å². The number of alkyl halides is 1. The lowest BCUT2D eigenvalue weighted by molar-refractivity contribution is -0.130. The molecule has 0 N–H and O–H groups in total. The molecule has 3 nitrogen and oxygen atoms in total. The Morgan fingerprint density at radius 1 is 1.48 bits per heavy atom. The minimum atomic E-state index is 0.332. The van der Waals surface area contributed by atoms with Crippen LogP contribution in [0.25, 0.3) is 0 Å². The van der Waals surface area contributed by atoms with Crippen molar-refractivity contribution in [2.45, 2.75) is 51.8 Å². The van der Waals surface area contributed by atoms with E-state index >= 15 is 0 Å². The molecule has 0 spiro atoms. The normalized spacial score (nSPS) is 20.1. The van der Waals surface area contributed by atoms with Gasteiger partial charge in [-0.15, -0.1) is 22.9 Å². The lowest BCUT2D eigenvalue weighted by atomic mass is 9.89. The number of likely N-dealkylation sites (tertiary alicyclic amines) is 1. The number of thiazole rings is 1. The summed E-state index contributed by atoms with van der Waals surface area (Å²) in [5.41, 5.74) is 0.960. The summed E-state index contributed by atoms with van der Waals surface area (Å²) < 4.78 is 0. The molecule has 5 heteroatoms. The number of rotatable bonds is 6. The van der Waals surface area contributed by atoms with Crippen LogP contribution >= 0.6 is 22.9 Å². The molecular formula is C16H25ClN2OS. The lowest BCUT2D eigenvalue weighted by Crippen LogP contribution is -2.31. The molecule has 1 saturated heterocycles. The predicted octanol–water partition coefficient (Wildman–Crippen LogP) is 4.10. The zero-order chi connectivity index (χ0) is 15.2. The summed E-state index contributed by atoms with van der Waals surface area (Å²) in [5.74, 6) is 2.20. The molecule has 1 aromatic heterocycles. The second kappa shape index (κ2) is 8.14. The number of carbonyl (C=O) groups excluding carboxylic acids is 1. The molecule has 1 amide bonds. The Labute approximate surface area is 136 Å². The molecule has 0 aliphatic carbocycles. The third kappa shape index (κ3) is 4.96. The van der Waals surface area contributed by atoms with E-state index in [1.165, 1.54) is 0 Å². The average Bonchev–Trinajstić information content (AvgIpc) is 2.84. The van der Waals surface area contributed by atoms with Gasteiger partial charge in [-0.05, 0) is 31.1 Å². The van der Waals surface area contributed by atoms with Gasteiger partial charge in [-0.25, -0.2) is 4.98 Å². The van der Waals surface area contributed by atoms with Gasteiger partial charge >= 0.3 is 0 Å². The lowest BCUT2D eigenvalue weighted by Gasteiger charge is -2.21. The maximum atomic E-state index is 12.2. The molecule has 0 aromatic carbocycles. The summed E-state index contributed by atoms with van der Waals surface area (Å²) in [6, 6.07) is 0. The van der Waals surface area contributed by atoms with Crippen LogP contribution in [0.2, 0.25) is 0 Å². The molecule has 1 unspecified atom stereocenters. The van der Waals surface area contributed by atoms with E-state index in [0.29, 0.717) is 23.6 Å². The van der Waals surface area contributed by atoms with Crippen LogP contribution in [0.3, 0.4) is 0 Å². The van der Waals surface area contributed by atoms with Crippen molar-refractivity contribution in [3.8, 4) is 0 Å². The summed E-state index contributed by atoms with van der Waals surface area (Å²) in [6.45, 7) is 6.31. The summed E-state index contributed by atoms with van der Waals surface area (Å²) in [6.07, 6.45) is 4.86. The van der Waals surface area contributed by atoms with E-state index in [9.17, 15) is 4.79 Å². The van der Waals surface area contributed by atoms with Crippen LogP contribution < -0.4 is 0 Å². The van der Waals surface area contributed by atoms with Gasteiger partial charge < -0.3 is 4.90 Å². The van der Waals surface area contributed by atoms with Crippen LogP contribution in [0.5, 0.6) is 0 Å². The zero-order valence-electron chi connectivity index (χ0n) is 13.0. The fourth-order valence-electron chi connectivity index (χ4n) is 2.91. The zero-order valence-corrected chi connectivity index (χ0v) is 14.6. The van der Waals surface area contributed by atoms with Crippen molar-refractivity contribution >= 4 is 28.8 Å². The molecule has 1 aliphatic heterocycles. The predicted molar refractivity (Wildman–Crippen MR) is 88.8 cm³/mol. The fourth-order valence-corrected chi connectivity index (χ4v) is 3.98. The van der Waals surface area contributed by atoms with E-state index in [1.54, 1.807) is 11.3 Å². The Hall–Kier alpha value is -0.610. The molecule has 0 radical (unpaired) electrons. The molecule has 1 fully saturated rings. The Balaban J connectivity index is 1.78. The van der Waals surface area contributed by atoms with Gasteiger partial charge in [0.1, 0.15) is 0 Å². The number of amides is 1. The van der Waals surface area contributed by atoms with Gasteiger partial charge in [-0.3, -0.25) is 4.79 Å². The van der Waals surface area contributed by atoms with Crippen molar-refractivity contribution in [1.29, 1.82) is 0 Å². The first-order valence-corrected chi connectivity index (χ1v) is 9.28. The first-order valence-electron chi connectivity index (χ1n) is 7.87. The molecule has 1 atom stereocenters. The van der Waals surface area contributed by atoms with Crippen LogP contribution in [0, 0.1) is 11.8 Å². The van der Waals surface area contributed by atoms with E-state index in [0.717, 1.165) is 55.9 Å². The summed E-state index contributed by atoms with van der Waals surface area (Å²) in [4.78, 5) is 18.7. The van der Waals surface area contributed by atoms with Gasteiger partial charge in [0.15, 0.2) is 0 Å². The summed E-state index contributed by atoms with van der Waals surface area (Å²) in [7, 11) is 0. The molecule has 118 valence electrons. The Morgan fingerprint density at radius 2 is 2.29 bits per heavy atom. The SMILES string of the molecule is CC(C)C1CCC(=O)N(CCCc2nc(CCl)cs2)CC1. The minimum Gasteiger partial charge on any atom is -0.343 e. The van der Waals surface area contributed by atoms with Crippen LogP contribution in [-0.4, -0.2) is 28.9 Å². The quantitative estimate of drug-likeness (QED) is 0.737. The van der Waals surface area contributed by atoms with Crippen molar-refractivity contribution in [3.05, 3.63) is 16.1 Å². The second-order valence-corrected chi connectivity index (χ2v) is 7.39. The molecule has 0 saturated carbocycles. The molecule has 1 aliphatic rings. The van der Waals surface area contributed by atoms with E-state index < -0.39 is 0 Å². The largest absolute Gasteiger partial charge is 0.343 e. The first-order chi connectivity index (χ1) is 10.1. The number of hydrogen-bond acceptors (Lipinski definition) is 3. The highest BCUT2D eigenvalue weighted by Gasteiger charge is 2.23. The van der Waals surface area contributed by atoms with E-state index in [1.807, 2.05) is 5.38 Å². The molecule has 1 aromatic rings. The molecule has 0 bridgehead atoms. The van der Waals surface area contributed by atoms with Gasteiger partial charge in [0.25, 0.3) is 0 Å². The van der Waals surface area contributed by atoms with Crippen molar-refractivity contribution in [2.75, 3.05) is 13.1 Å². The van der Waals surface area contributed by atoms with Gasteiger partial charge in [0.2, 0.25) is 5.91 Å². The third-order valence-corrected chi connectivity index (χ3v) is 5.58. The van der Waals surface area contributed by atoms with Crippen molar-refractivity contribution in [2.24, 2.45) is 11.8 Å². The Kier molecular flexibility index (Phi) is 6.49. The van der Waals surface area contributed by atoms with E-state index in [-0.39, 0.29) is 0 Å². The van der Waals surface area contributed by atoms with Gasteiger partial charge in [-0.1, -0.05) is 13.8 Å².